The van der Waals surface area contributed by atoms with Crippen LogP contribution in [-0.2, 0) is 19.6 Å². The minimum Gasteiger partial charge on any atom is -0.326 e. The van der Waals surface area contributed by atoms with Crippen molar-refractivity contribution in [3.8, 4) is 0 Å². The van der Waals surface area contributed by atoms with Gasteiger partial charge in [-0.3, -0.25) is 9.59 Å². The molecule has 3 rings (SSSR count). The van der Waals surface area contributed by atoms with Gasteiger partial charge in [-0.15, -0.1) is 11.8 Å². The highest BCUT2D eigenvalue weighted by atomic mass is 35.5. The lowest BCUT2D eigenvalue weighted by molar-refractivity contribution is -0.120. The Balaban J connectivity index is 1.74. The van der Waals surface area contributed by atoms with Crippen molar-refractivity contribution in [1.82, 2.24) is 4.31 Å². The van der Waals surface area contributed by atoms with Gasteiger partial charge in [0.1, 0.15) is 0 Å². The number of carbonyl (C=O) groups excluding carboxylic acids is 2. The van der Waals surface area contributed by atoms with E-state index in [1.807, 2.05) is 0 Å². The molecule has 1 heterocycles. The molecule has 1 atom stereocenters. The van der Waals surface area contributed by atoms with Gasteiger partial charge >= 0.3 is 0 Å². The van der Waals surface area contributed by atoms with Crippen molar-refractivity contribution >= 4 is 56.6 Å². The largest absolute Gasteiger partial charge is 0.326 e. The summed E-state index contributed by atoms with van der Waals surface area (Å²) in [7, 11) is -3.66. The van der Waals surface area contributed by atoms with E-state index in [9.17, 15) is 18.0 Å². The Morgan fingerprint density at radius 2 is 1.90 bits per heavy atom. The van der Waals surface area contributed by atoms with E-state index >= 15 is 0 Å². The van der Waals surface area contributed by atoms with Crippen LogP contribution in [0.3, 0.4) is 0 Å². The number of benzene rings is 2. The van der Waals surface area contributed by atoms with Crippen LogP contribution < -0.4 is 10.6 Å². The lowest BCUT2D eigenvalue weighted by Gasteiger charge is -2.24. The second-order valence-corrected chi connectivity index (χ2v) is 10.6. The summed E-state index contributed by atoms with van der Waals surface area (Å²) in [5.41, 5.74) is 1.60. The Hall–Kier alpha value is -2.07. The predicted octanol–water partition coefficient (Wildman–Crippen LogP) is 4.12. The highest BCUT2D eigenvalue weighted by molar-refractivity contribution is 8.01. The molecular formula is C21H24ClN3O4S2. The fraction of sp³-hybridized carbons (Fsp3) is 0.333. The third-order valence-corrected chi connectivity index (χ3v) is 8.63. The van der Waals surface area contributed by atoms with Crippen molar-refractivity contribution in [3.05, 3.63) is 47.0 Å². The number of hydrogen-bond donors (Lipinski definition) is 2. The van der Waals surface area contributed by atoms with Gasteiger partial charge in [-0.05, 0) is 42.8 Å². The molecule has 0 fully saturated rings. The van der Waals surface area contributed by atoms with Crippen LogP contribution in [0.2, 0.25) is 5.02 Å². The third-order valence-electron chi connectivity index (χ3n) is 4.93. The molecule has 0 spiro atoms. The smallest absolute Gasteiger partial charge is 0.243 e. The summed E-state index contributed by atoms with van der Waals surface area (Å²) >= 11 is 7.26. The van der Waals surface area contributed by atoms with E-state index in [1.165, 1.54) is 22.1 Å². The van der Waals surface area contributed by atoms with E-state index < -0.39 is 15.3 Å². The van der Waals surface area contributed by atoms with Gasteiger partial charge < -0.3 is 10.6 Å². The molecule has 1 aliphatic heterocycles. The van der Waals surface area contributed by atoms with Crippen LogP contribution in [0.1, 0.15) is 25.8 Å². The number of fused-ring (bicyclic) bond motifs is 1. The van der Waals surface area contributed by atoms with Gasteiger partial charge in [0, 0.05) is 35.1 Å². The first-order valence-corrected chi connectivity index (χ1v) is 12.5. The molecule has 2 aromatic carbocycles. The van der Waals surface area contributed by atoms with Crippen molar-refractivity contribution < 1.29 is 18.0 Å². The summed E-state index contributed by atoms with van der Waals surface area (Å²) in [5, 5.41) is 5.41. The summed E-state index contributed by atoms with van der Waals surface area (Å²) in [6.07, 6.45) is -0.0510. The summed E-state index contributed by atoms with van der Waals surface area (Å²) in [4.78, 5) is 26.0. The van der Waals surface area contributed by atoms with E-state index in [-0.39, 0.29) is 23.1 Å². The highest BCUT2D eigenvalue weighted by Gasteiger charge is 2.29. The quantitative estimate of drug-likeness (QED) is 0.620. The molecule has 2 aromatic rings. The molecule has 0 radical (unpaired) electrons. The second kappa shape index (κ2) is 9.60. The average molecular weight is 482 g/mol. The molecule has 0 saturated carbocycles. The average Bonchev–Trinajstić information content (AvgIpc) is 2.70. The van der Waals surface area contributed by atoms with Crippen molar-refractivity contribution in [2.75, 3.05) is 23.7 Å². The minimum atomic E-state index is -3.66. The highest BCUT2D eigenvalue weighted by Crippen LogP contribution is 2.38. The SMILES string of the molecule is CCN(CC)S(=O)(=O)c1cc(NC(=O)C[C@@H]2Sc3ccc(Cl)cc3NC2=O)ccc1C. The number of amides is 2. The maximum Gasteiger partial charge on any atom is 0.243 e. The molecule has 0 unspecified atom stereocenters. The van der Waals surface area contributed by atoms with E-state index in [0.29, 0.717) is 35.1 Å². The van der Waals surface area contributed by atoms with E-state index in [0.717, 1.165) is 4.90 Å². The number of hydrogen-bond acceptors (Lipinski definition) is 5. The number of carbonyl (C=O) groups is 2. The van der Waals surface area contributed by atoms with Crippen LogP contribution in [0.4, 0.5) is 11.4 Å². The molecule has 0 aromatic heterocycles. The van der Waals surface area contributed by atoms with Crippen LogP contribution in [0.25, 0.3) is 0 Å². The molecular weight excluding hydrogens is 458 g/mol. The number of halogens is 1. The maximum atomic E-state index is 12.9. The first-order valence-electron chi connectivity index (χ1n) is 9.83. The van der Waals surface area contributed by atoms with Crippen LogP contribution in [-0.4, -0.2) is 42.9 Å². The van der Waals surface area contributed by atoms with Crippen LogP contribution in [0.15, 0.2) is 46.2 Å². The van der Waals surface area contributed by atoms with Gasteiger partial charge in [-0.25, -0.2) is 8.42 Å². The zero-order chi connectivity index (χ0) is 22.8. The minimum absolute atomic E-state index is 0.0510. The topological polar surface area (TPSA) is 95.6 Å². The molecule has 0 saturated heterocycles. The first-order chi connectivity index (χ1) is 14.6. The van der Waals surface area contributed by atoms with Gasteiger partial charge in [-0.1, -0.05) is 31.5 Å². The lowest BCUT2D eigenvalue weighted by atomic mass is 10.2. The zero-order valence-corrected chi connectivity index (χ0v) is 19.8. The van der Waals surface area contributed by atoms with Crippen molar-refractivity contribution in [1.29, 1.82) is 0 Å². The number of aryl methyl sites for hydroxylation is 1. The van der Waals surface area contributed by atoms with Crippen LogP contribution in [0, 0.1) is 6.92 Å². The Kier molecular flexibility index (Phi) is 7.31. The van der Waals surface area contributed by atoms with E-state index in [2.05, 4.69) is 10.6 Å². The molecule has 0 aliphatic carbocycles. The van der Waals surface area contributed by atoms with E-state index in [1.54, 1.807) is 51.1 Å². The monoisotopic (exact) mass is 481 g/mol. The number of sulfonamides is 1. The van der Waals surface area contributed by atoms with Gasteiger partial charge in [-0.2, -0.15) is 4.31 Å². The van der Waals surface area contributed by atoms with Gasteiger partial charge in [0.05, 0.1) is 15.8 Å². The molecule has 166 valence electrons. The number of nitrogens with zero attached hydrogens (tertiary/aromatic N) is 1. The van der Waals surface area contributed by atoms with Crippen molar-refractivity contribution in [2.24, 2.45) is 0 Å². The van der Waals surface area contributed by atoms with E-state index in [4.69, 9.17) is 11.6 Å². The summed E-state index contributed by atoms with van der Waals surface area (Å²) in [6.45, 7) is 5.99. The van der Waals surface area contributed by atoms with Gasteiger partial charge in [0.2, 0.25) is 21.8 Å². The molecule has 7 nitrogen and oxygen atoms in total. The maximum absolute atomic E-state index is 12.9. The molecule has 1 aliphatic rings. The summed E-state index contributed by atoms with van der Waals surface area (Å²) in [5.74, 6) is -0.649. The molecule has 10 heteroatoms. The number of nitrogens with one attached hydrogen (secondary N) is 2. The standard InChI is InChI=1S/C21H24ClN3O4S2/c1-4-25(5-2)31(28,29)19-11-15(8-6-13(19)3)23-20(26)12-18-21(27)24-16-10-14(22)7-9-17(16)30-18/h6-11,18H,4-5,12H2,1-3H3,(H,23,26)(H,24,27)/t18-/m0/s1. The normalized spacial score (nSPS) is 16.0. The summed E-state index contributed by atoms with van der Waals surface area (Å²) in [6, 6.07) is 9.98. The van der Waals surface area contributed by atoms with Gasteiger partial charge in [0.25, 0.3) is 0 Å². The number of rotatable bonds is 7. The fourth-order valence-electron chi connectivity index (χ4n) is 3.30. The molecule has 0 bridgehead atoms. The van der Waals surface area contributed by atoms with Crippen LogP contribution in [0.5, 0.6) is 0 Å². The lowest BCUT2D eigenvalue weighted by Crippen LogP contribution is -2.32. The predicted molar refractivity (Wildman–Crippen MR) is 124 cm³/mol. The second-order valence-electron chi connectivity index (χ2n) is 7.06. The Bertz CT molecular complexity index is 1120. The van der Waals surface area contributed by atoms with Crippen LogP contribution >= 0.6 is 23.4 Å². The van der Waals surface area contributed by atoms with Crippen molar-refractivity contribution in [2.45, 2.75) is 42.2 Å². The number of anilines is 2. The molecule has 2 N–H and O–H groups in total. The van der Waals surface area contributed by atoms with Gasteiger partial charge in [0.15, 0.2) is 0 Å². The van der Waals surface area contributed by atoms with Crippen molar-refractivity contribution in [3.63, 3.8) is 0 Å². The third kappa shape index (κ3) is 5.23. The molecule has 2 amide bonds. The first kappa shape index (κ1) is 23.6. The Labute approximate surface area is 191 Å². The Morgan fingerprint density at radius 1 is 1.19 bits per heavy atom. The zero-order valence-electron chi connectivity index (χ0n) is 17.4. The fourth-order valence-corrected chi connectivity index (χ4v) is 6.27. The molecule has 31 heavy (non-hydrogen) atoms. The Morgan fingerprint density at radius 3 is 2.58 bits per heavy atom. The summed E-state index contributed by atoms with van der Waals surface area (Å²) < 4.78 is 27.2. The number of thioether (sulfide) groups is 1.